The Morgan fingerprint density at radius 3 is 2.74 bits per heavy atom. The molecule has 1 aromatic heterocycles. The van der Waals surface area contributed by atoms with Crippen LogP contribution in [0.25, 0.3) is 11.3 Å². The van der Waals surface area contributed by atoms with E-state index >= 15 is 0 Å². The summed E-state index contributed by atoms with van der Waals surface area (Å²) in [6.45, 7) is 2.80. The lowest BCUT2D eigenvalue weighted by Gasteiger charge is -2.08. The summed E-state index contributed by atoms with van der Waals surface area (Å²) < 4.78 is 8.31. The molecule has 0 atom stereocenters. The number of benzene rings is 1. The van der Waals surface area contributed by atoms with E-state index in [0.717, 1.165) is 33.8 Å². The van der Waals surface area contributed by atoms with E-state index in [0.29, 0.717) is 0 Å². The fourth-order valence-electron chi connectivity index (χ4n) is 2.07. The molecule has 1 N–H and O–H groups in total. The molecule has 5 heteroatoms. The molecule has 2 rings (SSSR count). The molecular formula is C14H18BrN3O. The number of aromatic nitrogens is 2. The van der Waals surface area contributed by atoms with Gasteiger partial charge in [0.25, 0.3) is 0 Å². The lowest BCUT2D eigenvalue weighted by molar-refractivity contribution is 0.412. The third-order valence-corrected chi connectivity index (χ3v) is 3.83. The highest BCUT2D eigenvalue weighted by molar-refractivity contribution is 9.10. The average Bonchev–Trinajstić information content (AvgIpc) is 2.67. The molecule has 0 saturated carbocycles. The number of methoxy groups -OCH3 is 1. The van der Waals surface area contributed by atoms with Gasteiger partial charge in [-0.2, -0.15) is 0 Å². The molecule has 2 aromatic rings. The zero-order chi connectivity index (χ0) is 14.0. The highest BCUT2D eigenvalue weighted by Crippen LogP contribution is 2.31. The lowest BCUT2D eigenvalue weighted by Crippen LogP contribution is -2.10. The maximum absolute atomic E-state index is 5.26. The molecule has 0 aliphatic carbocycles. The van der Waals surface area contributed by atoms with Crippen LogP contribution in [0.15, 0.2) is 22.7 Å². The van der Waals surface area contributed by atoms with Crippen LogP contribution in [0.2, 0.25) is 0 Å². The second kappa shape index (κ2) is 5.75. The van der Waals surface area contributed by atoms with Gasteiger partial charge in [0, 0.05) is 19.2 Å². The molecule has 0 amide bonds. The summed E-state index contributed by atoms with van der Waals surface area (Å²) in [6.07, 6.45) is 0. The van der Waals surface area contributed by atoms with Crippen LogP contribution in [-0.2, 0) is 13.6 Å². The van der Waals surface area contributed by atoms with Gasteiger partial charge < -0.3 is 14.6 Å². The molecule has 0 radical (unpaired) electrons. The molecule has 0 bridgehead atoms. The van der Waals surface area contributed by atoms with Gasteiger partial charge in [-0.15, -0.1) is 0 Å². The van der Waals surface area contributed by atoms with Gasteiger partial charge >= 0.3 is 0 Å². The lowest BCUT2D eigenvalue weighted by atomic mass is 10.1. The number of halogens is 1. The summed E-state index contributed by atoms with van der Waals surface area (Å²) in [6, 6.07) is 6.02. The second-order valence-corrected chi connectivity index (χ2v) is 5.25. The van der Waals surface area contributed by atoms with Crippen molar-refractivity contribution in [2.24, 2.45) is 7.05 Å². The van der Waals surface area contributed by atoms with Crippen molar-refractivity contribution in [3.63, 3.8) is 0 Å². The van der Waals surface area contributed by atoms with Crippen LogP contribution in [-0.4, -0.2) is 23.7 Å². The largest absolute Gasteiger partial charge is 0.496 e. The van der Waals surface area contributed by atoms with Crippen LogP contribution in [0.3, 0.4) is 0 Å². The Kier molecular flexibility index (Phi) is 4.27. The monoisotopic (exact) mass is 323 g/mol. The van der Waals surface area contributed by atoms with Gasteiger partial charge in [0.2, 0.25) is 0 Å². The number of nitrogens with one attached hydrogen (secondary N) is 1. The van der Waals surface area contributed by atoms with Crippen molar-refractivity contribution in [1.82, 2.24) is 14.9 Å². The van der Waals surface area contributed by atoms with Gasteiger partial charge in [-0.25, -0.2) is 4.98 Å². The Labute approximate surface area is 121 Å². The molecule has 0 aliphatic heterocycles. The van der Waals surface area contributed by atoms with E-state index in [-0.39, 0.29) is 0 Å². The maximum Gasteiger partial charge on any atom is 0.133 e. The summed E-state index contributed by atoms with van der Waals surface area (Å²) in [7, 11) is 5.64. The first-order chi connectivity index (χ1) is 9.08. The van der Waals surface area contributed by atoms with Crippen molar-refractivity contribution in [3.05, 3.63) is 34.2 Å². The molecule has 0 aliphatic rings. The zero-order valence-corrected chi connectivity index (χ0v) is 13.2. The van der Waals surface area contributed by atoms with Gasteiger partial charge in [0.15, 0.2) is 0 Å². The second-order valence-electron chi connectivity index (χ2n) is 4.39. The smallest absolute Gasteiger partial charge is 0.133 e. The topological polar surface area (TPSA) is 39.1 Å². The number of imidazole rings is 1. The van der Waals surface area contributed by atoms with Crippen LogP contribution in [0.4, 0.5) is 0 Å². The predicted molar refractivity (Wildman–Crippen MR) is 80.4 cm³/mol. The molecule has 0 unspecified atom stereocenters. The summed E-state index contributed by atoms with van der Waals surface area (Å²) >= 11 is 3.52. The van der Waals surface area contributed by atoms with Gasteiger partial charge in [0.05, 0.1) is 23.0 Å². The molecule has 1 aromatic carbocycles. The van der Waals surface area contributed by atoms with E-state index in [1.54, 1.807) is 7.11 Å². The predicted octanol–water partition coefficient (Wildman–Crippen LogP) is 2.89. The van der Waals surface area contributed by atoms with Crippen molar-refractivity contribution < 1.29 is 4.74 Å². The third kappa shape index (κ3) is 2.67. The quantitative estimate of drug-likeness (QED) is 0.940. The number of nitrogens with zero attached hydrogens (tertiary/aromatic N) is 2. The fourth-order valence-corrected chi connectivity index (χ4v) is 2.61. The average molecular weight is 324 g/mol. The Balaban J connectivity index is 2.52. The first kappa shape index (κ1) is 14.1. The standard InChI is InChI=1S/C14H18BrN3O/c1-9-17-14(12(8-16-2)18(9)3)10-5-6-13(19-4)11(15)7-10/h5-7,16H,8H2,1-4H3. The van der Waals surface area contributed by atoms with Crippen LogP contribution in [0.5, 0.6) is 5.75 Å². The Morgan fingerprint density at radius 2 is 2.16 bits per heavy atom. The summed E-state index contributed by atoms with van der Waals surface area (Å²) in [5.74, 6) is 1.83. The fraction of sp³-hybridized carbons (Fsp3) is 0.357. The van der Waals surface area contributed by atoms with Crippen LogP contribution in [0.1, 0.15) is 11.5 Å². The Bertz CT molecular complexity index is 593. The molecular weight excluding hydrogens is 306 g/mol. The summed E-state index contributed by atoms with van der Waals surface area (Å²) in [5, 5.41) is 3.19. The molecule has 19 heavy (non-hydrogen) atoms. The van der Waals surface area contributed by atoms with Crippen molar-refractivity contribution in [2.45, 2.75) is 13.5 Å². The molecule has 4 nitrogen and oxygen atoms in total. The van der Waals surface area contributed by atoms with E-state index in [9.17, 15) is 0 Å². The number of hydrogen-bond donors (Lipinski definition) is 1. The number of aryl methyl sites for hydroxylation is 1. The molecule has 102 valence electrons. The molecule has 0 fully saturated rings. The van der Waals surface area contributed by atoms with E-state index in [2.05, 4.69) is 30.8 Å². The van der Waals surface area contributed by atoms with Crippen LogP contribution in [0, 0.1) is 6.92 Å². The van der Waals surface area contributed by atoms with Gasteiger partial charge in [0.1, 0.15) is 11.6 Å². The minimum atomic E-state index is 0.788. The highest BCUT2D eigenvalue weighted by atomic mass is 79.9. The third-order valence-electron chi connectivity index (χ3n) is 3.21. The van der Waals surface area contributed by atoms with E-state index in [1.807, 2.05) is 39.2 Å². The van der Waals surface area contributed by atoms with Crippen molar-refractivity contribution in [2.75, 3.05) is 14.2 Å². The van der Waals surface area contributed by atoms with Crippen molar-refractivity contribution in [1.29, 1.82) is 0 Å². The molecule has 0 spiro atoms. The Morgan fingerprint density at radius 1 is 1.42 bits per heavy atom. The first-order valence-electron chi connectivity index (χ1n) is 6.09. The van der Waals surface area contributed by atoms with Crippen molar-refractivity contribution >= 4 is 15.9 Å². The van der Waals surface area contributed by atoms with Gasteiger partial charge in [-0.1, -0.05) is 0 Å². The highest BCUT2D eigenvalue weighted by Gasteiger charge is 2.14. The minimum Gasteiger partial charge on any atom is -0.496 e. The molecule has 0 saturated heterocycles. The normalized spacial score (nSPS) is 10.8. The van der Waals surface area contributed by atoms with E-state index in [1.165, 1.54) is 5.69 Å². The maximum atomic E-state index is 5.26. The minimum absolute atomic E-state index is 0.788. The van der Waals surface area contributed by atoms with Crippen molar-refractivity contribution in [3.8, 4) is 17.0 Å². The zero-order valence-electron chi connectivity index (χ0n) is 11.6. The van der Waals surface area contributed by atoms with Gasteiger partial charge in [-0.05, 0) is 48.1 Å². The number of rotatable bonds is 4. The first-order valence-corrected chi connectivity index (χ1v) is 6.88. The van der Waals surface area contributed by atoms with E-state index in [4.69, 9.17) is 4.74 Å². The van der Waals surface area contributed by atoms with Crippen LogP contribution < -0.4 is 10.1 Å². The number of ether oxygens (including phenoxy) is 1. The number of hydrogen-bond acceptors (Lipinski definition) is 3. The van der Waals surface area contributed by atoms with E-state index < -0.39 is 0 Å². The summed E-state index contributed by atoms with van der Waals surface area (Å²) in [4.78, 5) is 4.66. The SMILES string of the molecule is CNCc1c(-c2ccc(OC)c(Br)c2)nc(C)n1C. The molecule has 1 heterocycles. The Hall–Kier alpha value is -1.33. The summed E-state index contributed by atoms with van der Waals surface area (Å²) in [5.41, 5.74) is 3.27. The van der Waals surface area contributed by atoms with Crippen LogP contribution >= 0.6 is 15.9 Å². The van der Waals surface area contributed by atoms with Gasteiger partial charge in [-0.3, -0.25) is 0 Å².